The van der Waals surface area contributed by atoms with Crippen LogP contribution in [0.4, 0.5) is 0 Å². The fourth-order valence-corrected chi connectivity index (χ4v) is 1.38. The Bertz CT molecular complexity index is 618. The second kappa shape index (κ2) is 4.46. The lowest BCUT2D eigenvalue weighted by atomic mass is 10.2. The fourth-order valence-electron chi connectivity index (χ4n) is 1.38. The van der Waals surface area contributed by atoms with E-state index in [0.29, 0.717) is 11.0 Å². The van der Waals surface area contributed by atoms with Gasteiger partial charge in [-0.2, -0.15) is 4.73 Å². The molecule has 0 saturated carbocycles. The van der Waals surface area contributed by atoms with E-state index in [1.807, 2.05) is 0 Å². The summed E-state index contributed by atoms with van der Waals surface area (Å²) in [6.07, 6.45) is 1.29. The number of benzene rings is 1. The first kappa shape index (κ1) is 12.1. The van der Waals surface area contributed by atoms with Gasteiger partial charge in [-0.15, -0.1) is 0 Å². The normalized spacial score (nSPS) is 12.3. The van der Waals surface area contributed by atoms with Crippen LogP contribution < -0.4 is 10.6 Å². The molecular formula is C11H11N3O4. The van der Waals surface area contributed by atoms with Crippen LogP contribution in [-0.4, -0.2) is 32.8 Å². The SMILES string of the molecule is CC(N)C(=O)On1cnc2cc(C(=O)O)ccc21. The second-order valence-electron chi connectivity index (χ2n) is 3.78. The van der Waals surface area contributed by atoms with E-state index in [1.54, 1.807) is 0 Å². The van der Waals surface area contributed by atoms with E-state index in [0.717, 1.165) is 4.73 Å². The highest BCUT2D eigenvalue weighted by molar-refractivity contribution is 5.92. The summed E-state index contributed by atoms with van der Waals surface area (Å²) in [5.41, 5.74) is 6.41. The average Bonchev–Trinajstić information content (AvgIpc) is 2.71. The highest BCUT2D eigenvalue weighted by atomic mass is 16.7. The zero-order chi connectivity index (χ0) is 13.3. The van der Waals surface area contributed by atoms with Crippen LogP contribution in [0.25, 0.3) is 11.0 Å². The molecule has 0 fully saturated rings. The van der Waals surface area contributed by atoms with Crippen molar-refractivity contribution in [3.05, 3.63) is 30.1 Å². The van der Waals surface area contributed by atoms with E-state index < -0.39 is 18.0 Å². The molecule has 2 rings (SSSR count). The maximum Gasteiger partial charge on any atom is 0.349 e. The molecular weight excluding hydrogens is 238 g/mol. The van der Waals surface area contributed by atoms with Gasteiger partial charge in [0.15, 0.2) is 0 Å². The van der Waals surface area contributed by atoms with Gasteiger partial charge >= 0.3 is 11.9 Å². The number of imidazole rings is 1. The van der Waals surface area contributed by atoms with Crippen molar-refractivity contribution < 1.29 is 19.5 Å². The third-order valence-electron chi connectivity index (χ3n) is 2.32. The summed E-state index contributed by atoms with van der Waals surface area (Å²) >= 11 is 0. The van der Waals surface area contributed by atoms with Crippen LogP contribution in [0.15, 0.2) is 24.5 Å². The lowest BCUT2D eigenvalue weighted by Crippen LogP contribution is -2.34. The van der Waals surface area contributed by atoms with E-state index in [4.69, 9.17) is 15.7 Å². The Morgan fingerprint density at radius 3 is 2.83 bits per heavy atom. The van der Waals surface area contributed by atoms with Crippen molar-refractivity contribution in [3.8, 4) is 0 Å². The number of nitrogens with zero attached hydrogens (tertiary/aromatic N) is 2. The maximum atomic E-state index is 11.3. The Balaban J connectivity index is 2.37. The summed E-state index contributed by atoms with van der Waals surface area (Å²) in [7, 11) is 0. The molecule has 3 N–H and O–H groups in total. The predicted octanol–water partition coefficient (Wildman–Crippen LogP) is 0.0369. The largest absolute Gasteiger partial charge is 0.478 e. The minimum absolute atomic E-state index is 0.117. The third-order valence-corrected chi connectivity index (χ3v) is 2.32. The number of fused-ring (bicyclic) bond motifs is 1. The van der Waals surface area contributed by atoms with Gasteiger partial charge in [-0.05, 0) is 25.1 Å². The fraction of sp³-hybridized carbons (Fsp3) is 0.182. The number of nitrogens with two attached hydrogens (primary N) is 1. The Labute approximate surface area is 102 Å². The van der Waals surface area contributed by atoms with Crippen molar-refractivity contribution in [1.29, 1.82) is 0 Å². The smallest absolute Gasteiger partial charge is 0.349 e. The molecule has 18 heavy (non-hydrogen) atoms. The van der Waals surface area contributed by atoms with Crippen molar-refractivity contribution in [2.75, 3.05) is 0 Å². The quantitative estimate of drug-likeness (QED) is 0.795. The number of carbonyl (C=O) groups excluding carboxylic acids is 1. The van der Waals surface area contributed by atoms with Crippen molar-refractivity contribution in [2.24, 2.45) is 5.73 Å². The first-order chi connectivity index (χ1) is 8.49. The van der Waals surface area contributed by atoms with Crippen LogP contribution in [0.5, 0.6) is 0 Å². The molecule has 0 aliphatic rings. The molecule has 0 radical (unpaired) electrons. The molecule has 0 amide bonds. The summed E-state index contributed by atoms with van der Waals surface area (Å²) in [6, 6.07) is 3.57. The maximum absolute atomic E-state index is 11.3. The Hall–Kier alpha value is -2.41. The second-order valence-corrected chi connectivity index (χ2v) is 3.78. The van der Waals surface area contributed by atoms with E-state index in [1.165, 1.54) is 31.5 Å². The number of aromatic nitrogens is 2. The van der Waals surface area contributed by atoms with Gasteiger partial charge < -0.3 is 15.7 Å². The number of aromatic carboxylic acids is 1. The molecule has 1 aromatic carbocycles. The lowest BCUT2D eigenvalue weighted by Gasteiger charge is -2.07. The molecule has 7 nitrogen and oxygen atoms in total. The van der Waals surface area contributed by atoms with Crippen molar-refractivity contribution in [3.63, 3.8) is 0 Å². The van der Waals surface area contributed by atoms with Crippen LogP contribution in [0.3, 0.4) is 0 Å². The molecule has 1 aromatic heterocycles. The van der Waals surface area contributed by atoms with Gasteiger partial charge in [0, 0.05) is 0 Å². The highest BCUT2D eigenvalue weighted by Crippen LogP contribution is 2.14. The Kier molecular flexibility index (Phi) is 2.99. The van der Waals surface area contributed by atoms with Gasteiger partial charge in [0.25, 0.3) is 0 Å². The molecule has 0 saturated heterocycles. The zero-order valence-corrected chi connectivity index (χ0v) is 9.53. The van der Waals surface area contributed by atoms with Crippen LogP contribution in [0.1, 0.15) is 17.3 Å². The molecule has 1 atom stereocenters. The van der Waals surface area contributed by atoms with Crippen molar-refractivity contribution in [2.45, 2.75) is 13.0 Å². The summed E-state index contributed by atoms with van der Waals surface area (Å²) in [4.78, 5) is 31.0. The average molecular weight is 249 g/mol. The van der Waals surface area contributed by atoms with Gasteiger partial charge in [-0.3, -0.25) is 0 Å². The van der Waals surface area contributed by atoms with Gasteiger partial charge in [-0.25, -0.2) is 14.6 Å². The lowest BCUT2D eigenvalue weighted by molar-refractivity contribution is -0.144. The number of hydrogen-bond donors (Lipinski definition) is 2. The van der Waals surface area contributed by atoms with Crippen molar-refractivity contribution in [1.82, 2.24) is 9.71 Å². The van der Waals surface area contributed by atoms with Gasteiger partial charge in [0.05, 0.1) is 11.1 Å². The Morgan fingerprint density at radius 2 is 2.22 bits per heavy atom. The minimum atomic E-state index is -1.04. The molecule has 94 valence electrons. The van der Waals surface area contributed by atoms with E-state index in [9.17, 15) is 9.59 Å². The highest BCUT2D eigenvalue weighted by Gasteiger charge is 2.13. The molecule has 0 spiro atoms. The zero-order valence-electron chi connectivity index (χ0n) is 9.53. The first-order valence-electron chi connectivity index (χ1n) is 5.17. The van der Waals surface area contributed by atoms with Crippen LogP contribution >= 0.6 is 0 Å². The van der Waals surface area contributed by atoms with Gasteiger partial charge in [0.2, 0.25) is 0 Å². The van der Waals surface area contributed by atoms with E-state index in [-0.39, 0.29) is 5.56 Å². The van der Waals surface area contributed by atoms with Crippen LogP contribution in [0, 0.1) is 0 Å². The van der Waals surface area contributed by atoms with E-state index >= 15 is 0 Å². The molecule has 7 heteroatoms. The van der Waals surface area contributed by atoms with Gasteiger partial charge in [-0.1, -0.05) is 0 Å². The number of rotatable bonds is 3. The number of carboxylic acids is 1. The molecule has 1 heterocycles. The molecule has 0 aliphatic heterocycles. The monoisotopic (exact) mass is 249 g/mol. The van der Waals surface area contributed by atoms with Crippen molar-refractivity contribution >= 4 is 23.0 Å². The molecule has 2 aromatic rings. The molecule has 0 bridgehead atoms. The Morgan fingerprint density at radius 1 is 1.50 bits per heavy atom. The number of carbonyl (C=O) groups is 2. The van der Waals surface area contributed by atoms with Crippen LogP contribution in [0.2, 0.25) is 0 Å². The molecule has 1 unspecified atom stereocenters. The summed E-state index contributed by atoms with van der Waals surface area (Å²) in [5, 5.41) is 8.83. The predicted molar refractivity (Wildman–Crippen MR) is 61.9 cm³/mol. The summed E-state index contributed by atoms with van der Waals surface area (Å²) in [5.74, 6) is -1.64. The minimum Gasteiger partial charge on any atom is -0.478 e. The van der Waals surface area contributed by atoms with Crippen LogP contribution in [-0.2, 0) is 4.79 Å². The standard InChI is InChI=1S/C11H11N3O4/c1-6(12)11(17)18-14-5-13-8-4-7(10(15)16)2-3-9(8)14/h2-6H,12H2,1H3,(H,15,16). The number of carboxylic acid groups (broad SMARTS) is 1. The van der Waals surface area contributed by atoms with Gasteiger partial charge in [0.1, 0.15) is 17.9 Å². The van der Waals surface area contributed by atoms with E-state index in [2.05, 4.69) is 4.98 Å². The first-order valence-corrected chi connectivity index (χ1v) is 5.17. The topological polar surface area (TPSA) is 107 Å². The third kappa shape index (κ3) is 2.16. The number of hydrogen-bond acceptors (Lipinski definition) is 5. The molecule has 0 aliphatic carbocycles. The summed E-state index contributed by atoms with van der Waals surface area (Å²) < 4.78 is 1.16. The summed E-state index contributed by atoms with van der Waals surface area (Å²) in [6.45, 7) is 1.50.